The summed E-state index contributed by atoms with van der Waals surface area (Å²) < 4.78 is 0. The van der Waals surface area contributed by atoms with E-state index < -0.39 is 5.97 Å². The molecule has 0 aromatic carbocycles. The van der Waals surface area contributed by atoms with E-state index in [1.807, 2.05) is 0 Å². The highest BCUT2D eigenvalue weighted by atomic mass is 16.4. The molecule has 4 nitrogen and oxygen atoms in total. The van der Waals surface area contributed by atoms with Gasteiger partial charge < -0.3 is 10.8 Å². The summed E-state index contributed by atoms with van der Waals surface area (Å²) in [6.07, 6.45) is 8.07. The number of carboxylic acids is 1. The minimum Gasteiger partial charge on any atom is -0.481 e. The summed E-state index contributed by atoms with van der Waals surface area (Å²) in [5, 5.41) is 9.14. The third-order valence-electron chi connectivity index (χ3n) is 5.52. The maximum absolute atomic E-state index is 11.1. The molecular weight excluding hydrogens is 228 g/mol. The smallest absolute Gasteiger partial charge is 0.307 e. The summed E-state index contributed by atoms with van der Waals surface area (Å²) in [6, 6.07) is 1.07. The first-order chi connectivity index (χ1) is 8.61. The van der Waals surface area contributed by atoms with Crippen LogP contribution in [0.1, 0.15) is 44.9 Å². The van der Waals surface area contributed by atoms with Gasteiger partial charge in [0.05, 0.1) is 5.92 Å². The van der Waals surface area contributed by atoms with Gasteiger partial charge in [0, 0.05) is 18.6 Å². The molecule has 2 saturated carbocycles. The Morgan fingerprint density at radius 2 is 1.94 bits per heavy atom. The van der Waals surface area contributed by atoms with Gasteiger partial charge in [-0.15, -0.1) is 0 Å². The van der Waals surface area contributed by atoms with Crippen molar-refractivity contribution < 1.29 is 9.90 Å². The number of piperidine rings is 1. The first kappa shape index (κ1) is 12.4. The summed E-state index contributed by atoms with van der Waals surface area (Å²) >= 11 is 0. The molecule has 3 N–H and O–H groups in total. The van der Waals surface area contributed by atoms with Gasteiger partial charge >= 0.3 is 5.97 Å². The van der Waals surface area contributed by atoms with Gasteiger partial charge in [-0.1, -0.05) is 0 Å². The second kappa shape index (κ2) is 4.49. The molecule has 3 fully saturated rings. The van der Waals surface area contributed by atoms with Crippen LogP contribution in [0.25, 0.3) is 0 Å². The maximum atomic E-state index is 11.1. The van der Waals surface area contributed by atoms with Crippen LogP contribution in [0.2, 0.25) is 0 Å². The van der Waals surface area contributed by atoms with E-state index in [0.717, 1.165) is 25.9 Å². The molecule has 2 aliphatic carbocycles. The minimum atomic E-state index is -0.615. The van der Waals surface area contributed by atoms with Crippen molar-refractivity contribution in [3.8, 4) is 0 Å². The number of likely N-dealkylation sites (tertiary alicyclic amines) is 1. The van der Waals surface area contributed by atoms with E-state index in [1.165, 1.54) is 32.1 Å². The van der Waals surface area contributed by atoms with E-state index in [2.05, 4.69) is 4.90 Å². The fourth-order valence-electron chi connectivity index (χ4n) is 4.04. The van der Waals surface area contributed by atoms with Gasteiger partial charge in [0.25, 0.3) is 0 Å². The summed E-state index contributed by atoms with van der Waals surface area (Å²) in [7, 11) is 0. The van der Waals surface area contributed by atoms with Crippen LogP contribution in [0.15, 0.2) is 0 Å². The Balaban J connectivity index is 1.54. The normalized spacial score (nSPS) is 45.1. The van der Waals surface area contributed by atoms with E-state index in [0.29, 0.717) is 17.5 Å². The van der Waals surface area contributed by atoms with Gasteiger partial charge in [-0.3, -0.25) is 9.69 Å². The minimum absolute atomic E-state index is 0.141. The maximum Gasteiger partial charge on any atom is 0.307 e. The quantitative estimate of drug-likeness (QED) is 0.780. The molecule has 0 bridgehead atoms. The summed E-state index contributed by atoms with van der Waals surface area (Å²) in [6.45, 7) is 1.85. The number of carboxylic acid groups (broad SMARTS) is 1. The van der Waals surface area contributed by atoms with E-state index in [4.69, 9.17) is 10.8 Å². The Kier molecular flexibility index (Phi) is 3.10. The van der Waals surface area contributed by atoms with Crippen molar-refractivity contribution in [2.24, 2.45) is 17.1 Å². The number of rotatable bonds is 2. The predicted molar refractivity (Wildman–Crippen MR) is 69.2 cm³/mol. The lowest BCUT2D eigenvalue weighted by Crippen LogP contribution is -2.46. The second-order valence-corrected chi connectivity index (χ2v) is 6.58. The summed E-state index contributed by atoms with van der Waals surface area (Å²) in [4.78, 5) is 13.5. The fourth-order valence-corrected chi connectivity index (χ4v) is 4.04. The Hall–Kier alpha value is -0.610. The molecular formula is C14H24N2O2. The number of aliphatic carboxylic acids is 1. The molecule has 0 aromatic heterocycles. The van der Waals surface area contributed by atoms with Crippen LogP contribution in [-0.2, 0) is 4.79 Å². The van der Waals surface area contributed by atoms with Crippen molar-refractivity contribution >= 4 is 5.97 Å². The predicted octanol–water partition coefficient (Wildman–Crippen LogP) is 1.44. The molecule has 4 heteroatoms. The van der Waals surface area contributed by atoms with E-state index in [1.54, 1.807) is 0 Å². The topological polar surface area (TPSA) is 66.6 Å². The molecule has 18 heavy (non-hydrogen) atoms. The van der Waals surface area contributed by atoms with Crippen molar-refractivity contribution in [3.63, 3.8) is 0 Å². The molecule has 1 saturated heterocycles. The van der Waals surface area contributed by atoms with Gasteiger partial charge in [-0.05, 0) is 56.9 Å². The molecule has 2 unspecified atom stereocenters. The molecule has 1 spiro atoms. The summed E-state index contributed by atoms with van der Waals surface area (Å²) in [5.41, 5.74) is 6.51. The Morgan fingerprint density at radius 3 is 2.50 bits per heavy atom. The fraction of sp³-hybridized carbons (Fsp3) is 0.929. The van der Waals surface area contributed by atoms with Crippen LogP contribution in [0, 0.1) is 11.3 Å². The van der Waals surface area contributed by atoms with E-state index in [-0.39, 0.29) is 5.92 Å². The Bertz CT molecular complexity index is 337. The van der Waals surface area contributed by atoms with Crippen molar-refractivity contribution in [1.82, 2.24) is 4.90 Å². The lowest BCUT2D eigenvalue weighted by Gasteiger charge is -2.40. The number of nitrogens with two attached hydrogens (primary N) is 1. The average Bonchev–Trinajstić information content (AvgIpc) is 3.00. The van der Waals surface area contributed by atoms with Crippen LogP contribution in [-0.4, -0.2) is 41.1 Å². The van der Waals surface area contributed by atoms with E-state index >= 15 is 0 Å². The highest BCUT2D eigenvalue weighted by Gasteiger charge is 2.53. The van der Waals surface area contributed by atoms with Crippen LogP contribution < -0.4 is 5.73 Å². The largest absolute Gasteiger partial charge is 0.481 e. The molecule has 1 heterocycles. The molecule has 0 amide bonds. The standard InChI is InChI=1S/C14H24N2O2/c15-12-8-14(12)5-3-11(4-6-14)16-7-1-2-10(9-16)13(17)18/h10-12H,1-9,15H2,(H,17,18). The highest BCUT2D eigenvalue weighted by Crippen LogP contribution is 2.55. The van der Waals surface area contributed by atoms with Gasteiger partial charge in [0.15, 0.2) is 0 Å². The van der Waals surface area contributed by atoms with Gasteiger partial charge in [0.2, 0.25) is 0 Å². The Morgan fingerprint density at radius 1 is 1.28 bits per heavy atom. The third-order valence-corrected chi connectivity index (χ3v) is 5.52. The Labute approximate surface area is 109 Å². The third kappa shape index (κ3) is 2.16. The van der Waals surface area contributed by atoms with Gasteiger partial charge in [0.1, 0.15) is 0 Å². The van der Waals surface area contributed by atoms with Crippen molar-refractivity contribution in [1.29, 1.82) is 0 Å². The van der Waals surface area contributed by atoms with Crippen molar-refractivity contribution in [2.75, 3.05) is 13.1 Å². The number of hydrogen-bond donors (Lipinski definition) is 2. The summed E-state index contributed by atoms with van der Waals surface area (Å²) in [5.74, 6) is -0.756. The molecule has 0 aromatic rings. The molecule has 3 aliphatic rings. The van der Waals surface area contributed by atoms with Gasteiger partial charge in [-0.2, -0.15) is 0 Å². The molecule has 0 radical (unpaired) electrons. The van der Waals surface area contributed by atoms with Crippen LogP contribution in [0.3, 0.4) is 0 Å². The van der Waals surface area contributed by atoms with E-state index in [9.17, 15) is 4.79 Å². The highest BCUT2D eigenvalue weighted by molar-refractivity contribution is 5.70. The SMILES string of the molecule is NC1CC12CCC(N1CCCC(C(=O)O)C1)CC2. The van der Waals surface area contributed by atoms with Crippen LogP contribution in [0.4, 0.5) is 0 Å². The lowest BCUT2D eigenvalue weighted by atomic mass is 9.81. The van der Waals surface area contributed by atoms with Crippen molar-refractivity contribution in [2.45, 2.75) is 57.0 Å². The monoisotopic (exact) mass is 252 g/mol. The second-order valence-electron chi connectivity index (χ2n) is 6.58. The zero-order chi connectivity index (χ0) is 12.8. The van der Waals surface area contributed by atoms with Crippen LogP contribution in [0.5, 0.6) is 0 Å². The number of nitrogens with zero attached hydrogens (tertiary/aromatic N) is 1. The zero-order valence-corrected chi connectivity index (χ0v) is 11.0. The van der Waals surface area contributed by atoms with Crippen molar-refractivity contribution in [3.05, 3.63) is 0 Å². The molecule has 2 atom stereocenters. The molecule has 1 aliphatic heterocycles. The molecule has 3 rings (SSSR count). The number of carbonyl (C=O) groups is 1. The van der Waals surface area contributed by atoms with Crippen LogP contribution >= 0.6 is 0 Å². The first-order valence-corrected chi connectivity index (χ1v) is 7.33. The van der Waals surface area contributed by atoms with Gasteiger partial charge in [-0.25, -0.2) is 0 Å². The zero-order valence-electron chi connectivity index (χ0n) is 11.0. The first-order valence-electron chi connectivity index (χ1n) is 7.33. The molecule has 102 valence electrons. The average molecular weight is 252 g/mol. The lowest BCUT2D eigenvalue weighted by molar-refractivity contribution is -0.144. The number of hydrogen-bond acceptors (Lipinski definition) is 3.